The molecule has 7 nitrogen and oxygen atoms in total. The van der Waals surface area contributed by atoms with Gasteiger partial charge in [-0.3, -0.25) is 9.59 Å². The zero-order chi connectivity index (χ0) is 22.7. The fourth-order valence-electron chi connectivity index (χ4n) is 3.86. The Labute approximate surface area is 187 Å². The first-order valence-corrected chi connectivity index (χ1v) is 10.7. The summed E-state index contributed by atoms with van der Waals surface area (Å²) in [7, 11) is 1.77. The minimum Gasteiger partial charge on any atom is -0.485 e. The molecule has 3 aromatic rings. The normalized spacial score (nSPS) is 15.0. The number of furan rings is 1. The summed E-state index contributed by atoms with van der Waals surface area (Å²) in [5, 5.41) is 2.82. The van der Waals surface area contributed by atoms with Crippen LogP contribution >= 0.6 is 0 Å². The molecule has 0 saturated carbocycles. The molecule has 7 heteroatoms. The molecule has 2 amide bonds. The van der Waals surface area contributed by atoms with Gasteiger partial charge in [-0.2, -0.15) is 0 Å². The molecular formula is C25H27N3O4. The van der Waals surface area contributed by atoms with Gasteiger partial charge in [-0.15, -0.1) is 0 Å². The van der Waals surface area contributed by atoms with Crippen LogP contribution in [0.2, 0.25) is 0 Å². The van der Waals surface area contributed by atoms with Crippen LogP contribution in [0, 0.1) is 6.92 Å². The van der Waals surface area contributed by atoms with Crippen molar-refractivity contribution in [2.45, 2.75) is 20.0 Å². The Morgan fingerprint density at radius 1 is 1.16 bits per heavy atom. The second-order valence-electron chi connectivity index (χ2n) is 7.89. The van der Waals surface area contributed by atoms with Gasteiger partial charge in [-0.1, -0.05) is 18.2 Å². The number of nitrogens with zero attached hydrogens (tertiary/aromatic N) is 2. The summed E-state index contributed by atoms with van der Waals surface area (Å²) in [6.45, 7) is 6.02. The van der Waals surface area contributed by atoms with Gasteiger partial charge < -0.3 is 24.3 Å². The molecule has 0 aliphatic carbocycles. The molecule has 1 unspecified atom stereocenters. The highest BCUT2D eigenvalue weighted by Gasteiger charge is 2.27. The van der Waals surface area contributed by atoms with E-state index >= 15 is 0 Å². The molecule has 1 N–H and O–H groups in total. The number of anilines is 2. The van der Waals surface area contributed by atoms with Crippen molar-refractivity contribution in [3.8, 4) is 5.75 Å². The number of hydrogen-bond donors (Lipinski definition) is 1. The number of amides is 2. The summed E-state index contributed by atoms with van der Waals surface area (Å²) in [4.78, 5) is 29.4. The fraction of sp³-hybridized carbons (Fsp3) is 0.280. The highest BCUT2D eigenvalue weighted by molar-refractivity contribution is 6.03. The topological polar surface area (TPSA) is 75.0 Å². The molecule has 1 aromatic heterocycles. The van der Waals surface area contributed by atoms with E-state index in [1.54, 1.807) is 36.2 Å². The highest BCUT2D eigenvalue weighted by Crippen LogP contribution is 2.33. The van der Waals surface area contributed by atoms with Crippen molar-refractivity contribution in [1.29, 1.82) is 0 Å². The zero-order valence-electron chi connectivity index (χ0n) is 18.5. The largest absolute Gasteiger partial charge is 0.485 e. The van der Waals surface area contributed by atoms with Gasteiger partial charge in [0.2, 0.25) is 0 Å². The van der Waals surface area contributed by atoms with Crippen LogP contribution in [0.3, 0.4) is 0 Å². The molecule has 1 aliphatic heterocycles. The van der Waals surface area contributed by atoms with Gasteiger partial charge in [-0.25, -0.2) is 0 Å². The van der Waals surface area contributed by atoms with E-state index in [9.17, 15) is 9.59 Å². The second kappa shape index (κ2) is 9.18. The predicted octanol–water partition coefficient (Wildman–Crippen LogP) is 4.20. The van der Waals surface area contributed by atoms with E-state index in [0.29, 0.717) is 24.3 Å². The maximum Gasteiger partial charge on any atom is 0.291 e. The zero-order valence-corrected chi connectivity index (χ0v) is 18.5. The molecule has 0 fully saturated rings. The molecule has 4 rings (SSSR count). The Kier molecular flexibility index (Phi) is 6.16. The summed E-state index contributed by atoms with van der Waals surface area (Å²) >= 11 is 0. The van der Waals surface area contributed by atoms with E-state index in [1.807, 2.05) is 31.2 Å². The Balaban J connectivity index is 1.45. The number of rotatable bonds is 6. The minimum absolute atomic E-state index is 0.135. The van der Waals surface area contributed by atoms with Gasteiger partial charge in [0, 0.05) is 24.8 Å². The number of aryl methyl sites for hydroxylation is 1. The van der Waals surface area contributed by atoms with Crippen LogP contribution in [0.1, 0.15) is 33.4 Å². The Bertz CT molecular complexity index is 1110. The molecular weight excluding hydrogens is 406 g/mol. The number of para-hydroxylation sites is 2. The molecule has 32 heavy (non-hydrogen) atoms. The van der Waals surface area contributed by atoms with E-state index in [2.05, 4.69) is 23.2 Å². The molecule has 2 aromatic carbocycles. The fourth-order valence-corrected chi connectivity index (χ4v) is 3.86. The Morgan fingerprint density at radius 3 is 2.72 bits per heavy atom. The maximum atomic E-state index is 13.1. The van der Waals surface area contributed by atoms with Crippen LogP contribution in [0.4, 0.5) is 11.4 Å². The summed E-state index contributed by atoms with van der Waals surface area (Å²) in [5.74, 6) is 0.562. The first kappa shape index (κ1) is 21.5. The minimum atomic E-state index is -0.356. The van der Waals surface area contributed by atoms with Crippen LogP contribution in [0.25, 0.3) is 0 Å². The molecule has 2 heterocycles. The summed E-state index contributed by atoms with van der Waals surface area (Å²) in [6.07, 6.45) is 1.31. The van der Waals surface area contributed by atoms with Crippen LogP contribution < -0.4 is 15.0 Å². The third-order valence-electron chi connectivity index (χ3n) is 5.61. The van der Waals surface area contributed by atoms with E-state index < -0.39 is 0 Å². The molecule has 166 valence electrons. The summed E-state index contributed by atoms with van der Waals surface area (Å²) in [6, 6.07) is 16.5. The molecule has 1 aliphatic rings. The lowest BCUT2D eigenvalue weighted by atomic mass is 10.1. The smallest absolute Gasteiger partial charge is 0.291 e. The molecule has 0 radical (unpaired) electrons. The van der Waals surface area contributed by atoms with Crippen molar-refractivity contribution in [1.82, 2.24) is 4.90 Å². The Morgan fingerprint density at radius 2 is 1.97 bits per heavy atom. The molecule has 0 saturated heterocycles. The van der Waals surface area contributed by atoms with Gasteiger partial charge in [0.1, 0.15) is 11.9 Å². The average Bonchev–Trinajstić information content (AvgIpc) is 3.34. The number of hydrogen-bond acceptors (Lipinski definition) is 5. The van der Waals surface area contributed by atoms with Crippen molar-refractivity contribution in [2.75, 3.05) is 36.9 Å². The van der Waals surface area contributed by atoms with Crippen LogP contribution in [0.5, 0.6) is 5.75 Å². The number of likely N-dealkylation sites (N-methyl/N-ethyl adjacent to an activating group) is 2. The van der Waals surface area contributed by atoms with E-state index in [0.717, 1.165) is 23.5 Å². The third kappa shape index (κ3) is 4.46. The standard InChI is InChI=1S/C25H27N3O4/c1-4-28-16-19(32-22-9-6-5-8-21(22)28)15-27(3)25(30)18-12-11-17(2)20(14-18)26-24(29)23-10-7-13-31-23/h5-14,19H,4,15-16H2,1-3H3,(H,26,29). The average molecular weight is 434 g/mol. The van der Waals surface area contributed by atoms with Crippen molar-refractivity contribution in [2.24, 2.45) is 0 Å². The lowest BCUT2D eigenvalue weighted by Gasteiger charge is -2.37. The lowest BCUT2D eigenvalue weighted by Crippen LogP contribution is -2.46. The second-order valence-corrected chi connectivity index (χ2v) is 7.89. The number of benzene rings is 2. The molecule has 0 spiro atoms. The molecule has 1 atom stereocenters. The highest BCUT2D eigenvalue weighted by atomic mass is 16.5. The predicted molar refractivity (Wildman–Crippen MR) is 124 cm³/mol. The first-order chi connectivity index (χ1) is 15.5. The van der Waals surface area contributed by atoms with Crippen LogP contribution in [0.15, 0.2) is 65.3 Å². The Hall–Kier alpha value is -3.74. The van der Waals surface area contributed by atoms with Crippen LogP contribution in [-0.4, -0.2) is 49.5 Å². The summed E-state index contributed by atoms with van der Waals surface area (Å²) in [5.41, 5.74) is 3.01. The first-order valence-electron chi connectivity index (χ1n) is 10.7. The maximum absolute atomic E-state index is 13.1. The number of fused-ring (bicyclic) bond motifs is 1. The van der Waals surface area contributed by atoms with Gasteiger partial charge >= 0.3 is 0 Å². The monoisotopic (exact) mass is 433 g/mol. The summed E-state index contributed by atoms with van der Waals surface area (Å²) < 4.78 is 11.3. The van der Waals surface area contributed by atoms with Crippen molar-refractivity contribution in [3.05, 3.63) is 77.7 Å². The van der Waals surface area contributed by atoms with Gasteiger partial charge in [0.25, 0.3) is 11.8 Å². The van der Waals surface area contributed by atoms with Crippen molar-refractivity contribution < 1.29 is 18.7 Å². The van der Waals surface area contributed by atoms with Gasteiger partial charge in [-0.05, 0) is 55.8 Å². The van der Waals surface area contributed by atoms with E-state index in [1.165, 1.54) is 6.26 Å². The number of carbonyl (C=O) groups is 2. The quantitative estimate of drug-likeness (QED) is 0.631. The van der Waals surface area contributed by atoms with Gasteiger partial charge in [0.15, 0.2) is 5.76 Å². The van der Waals surface area contributed by atoms with E-state index in [-0.39, 0.29) is 23.7 Å². The van der Waals surface area contributed by atoms with Crippen molar-refractivity contribution >= 4 is 23.2 Å². The third-order valence-corrected chi connectivity index (χ3v) is 5.61. The SMILES string of the molecule is CCN1CC(CN(C)C(=O)c2ccc(C)c(NC(=O)c3ccco3)c2)Oc2ccccc21. The van der Waals surface area contributed by atoms with Gasteiger partial charge in [0.05, 0.1) is 25.0 Å². The number of carbonyl (C=O) groups excluding carboxylic acids is 2. The van der Waals surface area contributed by atoms with E-state index in [4.69, 9.17) is 9.15 Å². The van der Waals surface area contributed by atoms with Crippen molar-refractivity contribution in [3.63, 3.8) is 0 Å². The van der Waals surface area contributed by atoms with Crippen LogP contribution in [-0.2, 0) is 0 Å². The number of ether oxygens (including phenoxy) is 1. The molecule has 0 bridgehead atoms. The lowest BCUT2D eigenvalue weighted by molar-refractivity contribution is 0.0709. The number of nitrogens with one attached hydrogen (secondary N) is 1.